The van der Waals surface area contributed by atoms with E-state index in [4.69, 9.17) is 0 Å². The Kier molecular flexibility index (Phi) is 3.21. The molecule has 0 saturated carbocycles. The maximum Gasteiger partial charge on any atom is 0.0361 e. The zero-order valence-corrected chi connectivity index (χ0v) is 8.58. The van der Waals surface area contributed by atoms with E-state index in [2.05, 4.69) is 45.6 Å². The average molecular weight is 220 g/mol. The number of halogens is 1. The van der Waals surface area contributed by atoms with Crippen molar-refractivity contribution in [2.24, 2.45) is 0 Å². The summed E-state index contributed by atoms with van der Waals surface area (Å²) in [6.45, 7) is 0. The van der Waals surface area contributed by atoms with Gasteiger partial charge in [-0.05, 0) is 22.0 Å². The van der Waals surface area contributed by atoms with Gasteiger partial charge >= 0.3 is 0 Å². The first kappa shape index (κ1) is 9.35. The minimum atomic E-state index is 0. The van der Waals surface area contributed by atoms with Crippen LogP contribution in [0.5, 0.6) is 0 Å². The topological polar surface area (TPSA) is 0 Å². The largest absolute Gasteiger partial charge is 0.143 e. The Labute approximate surface area is 89.9 Å². The van der Waals surface area contributed by atoms with Crippen molar-refractivity contribution < 1.29 is 0 Å². The summed E-state index contributed by atoms with van der Waals surface area (Å²) >= 11 is 5.24. The maximum atomic E-state index is 3.48. The van der Waals surface area contributed by atoms with Gasteiger partial charge in [-0.25, -0.2) is 0 Å². The van der Waals surface area contributed by atoms with Gasteiger partial charge in [-0.3, -0.25) is 0 Å². The van der Waals surface area contributed by atoms with E-state index >= 15 is 0 Å². The van der Waals surface area contributed by atoms with E-state index in [1.54, 1.807) is 11.3 Å². The monoisotopic (exact) mass is 219 g/mol. The van der Waals surface area contributed by atoms with Crippen LogP contribution >= 0.6 is 27.3 Å². The molecule has 1 heterocycles. The van der Waals surface area contributed by atoms with E-state index in [9.17, 15) is 0 Å². The van der Waals surface area contributed by atoms with Crippen LogP contribution < -0.4 is 0 Å². The van der Waals surface area contributed by atoms with E-state index in [0.29, 0.717) is 0 Å². The minimum absolute atomic E-state index is 0. The first-order chi connectivity index (χ1) is 4.88. The Bertz CT molecular complexity index is 356. The van der Waals surface area contributed by atoms with Crippen LogP contribution in [0.1, 0.15) is 0 Å². The molecular formula is C8H5BrLiS. The normalized spacial score (nSPS) is 9.55. The summed E-state index contributed by atoms with van der Waals surface area (Å²) in [5.41, 5.74) is 0. The molecule has 0 atom stereocenters. The number of benzene rings is 1. The summed E-state index contributed by atoms with van der Waals surface area (Å²) in [5, 5.41) is 3.43. The van der Waals surface area contributed by atoms with Crippen LogP contribution in [0.4, 0.5) is 0 Å². The molecule has 2 rings (SSSR count). The van der Waals surface area contributed by atoms with Crippen LogP contribution in [0.25, 0.3) is 10.1 Å². The van der Waals surface area contributed by atoms with Gasteiger partial charge in [0.2, 0.25) is 0 Å². The van der Waals surface area contributed by atoms with Crippen molar-refractivity contribution in [3.8, 4) is 0 Å². The third-order valence-corrected chi connectivity index (χ3v) is 3.36. The van der Waals surface area contributed by atoms with Crippen LogP contribution in [-0.4, -0.2) is 18.9 Å². The zero-order valence-electron chi connectivity index (χ0n) is 6.17. The molecular weight excluding hydrogens is 215 g/mol. The Morgan fingerprint density at radius 2 is 1.91 bits per heavy atom. The molecule has 1 radical (unpaired) electrons. The van der Waals surface area contributed by atoms with Crippen molar-refractivity contribution in [2.75, 3.05) is 0 Å². The van der Waals surface area contributed by atoms with Crippen LogP contribution in [0.15, 0.2) is 34.1 Å². The molecule has 1 aromatic heterocycles. The van der Waals surface area contributed by atoms with Crippen molar-refractivity contribution in [3.05, 3.63) is 34.1 Å². The van der Waals surface area contributed by atoms with E-state index in [0.717, 1.165) is 0 Å². The molecule has 0 aliphatic rings. The van der Waals surface area contributed by atoms with Crippen molar-refractivity contribution in [1.82, 2.24) is 0 Å². The molecule has 11 heavy (non-hydrogen) atoms. The minimum Gasteiger partial charge on any atom is -0.143 e. The fourth-order valence-corrected chi connectivity index (χ4v) is 2.52. The molecule has 0 spiro atoms. The summed E-state index contributed by atoms with van der Waals surface area (Å²) in [4.78, 5) is 0. The van der Waals surface area contributed by atoms with Gasteiger partial charge < -0.3 is 0 Å². The first-order valence-corrected chi connectivity index (χ1v) is 4.67. The first-order valence-electron chi connectivity index (χ1n) is 2.99. The fraction of sp³-hybridized carbons (Fsp3) is 0. The summed E-state index contributed by atoms with van der Waals surface area (Å²) < 4.78 is 2.54. The predicted molar refractivity (Wildman–Crippen MR) is 55.3 cm³/mol. The van der Waals surface area contributed by atoms with Crippen LogP contribution in [0.2, 0.25) is 0 Å². The molecule has 0 unspecified atom stereocenters. The SMILES string of the molecule is Brc1csc2ccccc12.[Li]. The number of hydrogen-bond donors (Lipinski definition) is 0. The second-order valence-corrected chi connectivity index (χ2v) is 3.85. The summed E-state index contributed by atoms with van der Waals surface area (Å²) in [6, 6.07) is 8.37. The molecule has 3 heteroatoms. The van der Waals surface area contributed by atoms with Crippen LogP contribution in [0, 0.1) is 0 Å². The van der Waals surface area contributed by atoms with E-state index < -0.39 is 0 Å². The Hall–Kier alpha value is 0.257. The van der Waals surface area contributed by atoms with E-state index in [1.807, 2.05) is 0 Å². The third-order valence-electron chi connectivity index (χ3n) is 1.43. The summed E-state index contributed by atoms with van der Waals surface area (Å²) in [6.07, 6.45) is 0. The molecule has 0 aliphatic heterocycles. The smallest absolute Gasteiger partial charge is 0.0361 e. The Morgan fingerprint density at radius 3 is 2.64 bits per heavy atom. The van der Waals surface area contributed by atoms with Crippen molar-refractivity contribution in [1.29, 1.82) is 0 Å². The molecule has 0 saturated heterocycles. The van der Waals surface area contributed by atoms with Crippen molar-refractivity contribution in [3.63, 3.8) is 0 Å². The third kappa shape index (κ3) is 1.70. The standard InChI is InChI=1S/C8H5BrS.Li/c9-7-5-10-8-4-2-1-3-6(7)8;/h1-5H;. The van der Waals surface area contributed by atoms with E-state index in [-0.39, 0.29) is 18.9 Å². The van der Waals surface area contributed by atoms with Crippen LogP contribution in [0.3, 0.4) is 0 Å². The van der Waals surface area contributed by atoms with Crippen molar-refractivity contribution in [2.45, 2.75) is 0 Å². The molecule has 0 bridgehead atoms. The molecule has 1 aromatic carbocycles. The molecule has 51 valence electrons. The molecule has 2 aromatic rings. The van der Waals surface area contributed by atoms with Gasteiger partial charge in [0.15, 0.2) is 0 Å². The van der Waals surface area contributed by atoms with Gasteiger partial charge in [-0.1, -0.05) is 18.2 Å². The van der Waals surface area contributed by atoms with E-state index in [1.165, 1.54) is 14.6 Å². The second kappa shape index (κ2) is 3.78. The number of fused-ring (bicyclic) bond motifs is 1. The van der Waals surface area contributed by atoms with Crippen molar-refractivity contribution >= 4 is 56.2 Å². The average Bonchev–Trinajstić information content (AvgIpc) is 2.34. The quantitative estimate of drug-likeness (QED) is 0.597. The molecule has 0 aliphatic carbocycles. The zero-order chi connectivity index (χ0) is 6.97. The maximum absolute atomic E-state index is 3.48. The molecule has 0 amide bonds. The second-order valence-electron chi connectivity index (χ2n) is 2.08. The fourth-order valence-electron chi connectivity index (χ4n) is 0.945. The summed E-state index contributed by atoms with van der Waals surface area (Å²) in [7, 11) is 0. The summed E-state index contributed by atoms with van der Waals surface area (Å²) in [5.74, 6) is 0. The van der Waals surface area contributed by atoms with Crippen LogP contribution in [-0.2, 0) is 0 Å². The number of hydrogen-bond acceptors (Lipinski definition) is 1. The van der Waals surface area contributed by atoms with Gasteiger partial charge in [0.25, 0.3) is 0 Å². The Balaban J connectivity index is 0.000000605. The van der Waals surface area contributed by atoms with Gasteiger partial charge in [-0.15, -0.1) is 11.3 Å². The molecule has 0 fully saturated rings. The molecule has 0 N–H and O–H groups in total. The predicted octanol–water partition coefficient (Wildman–Crippen LogP) is 3.28. The molecule has 0 nitrogen and oxygen atoms in total. The van der Waals surface area contributed by atoms with Gasteiger partial charge in [0.1, 0.15) is 0 Å². The van der Waals surface area contributed by atoms with Gasteiger partial charge in [0, 0.05) is 38.8 Å². The number of rotatable bonds is 0. The number of thiophene rings is 1. The van der Waals surface area contributed by atoms with Gasteiger partial charge in [0.05, 0.1) is 0 Å². The Morgan fingerprint density at radius 1 is 1.18 bits per heavy atom. The van der Waals surface area contributed by atoms with Gasteiger partial charge in [-0.2, -0.15) is 0 Å².